The van der Waals surface area contributed by atoms with Crippen LogP contribution in [0.2, 0.25) is 0 Å². The average molecular weight is 348 g/mol. The number of aliphatic hydroxyl groups excluding tert-OH is 1. The van der Waals surface area contributed by atoms with Gasteiger partial charge in [-0.05, 0) is 6.42 Å². The molecule has 0 spiro atoms. The van der Waals surface area contributed by atoms with E-state index in [2.05, 4.69) is 4.98 Å². The van der Waals surface area contributed by atoms with E-state index in [-0.39, 0.29) is 28.9 Å². The molecule has 1 aliphatic rings. The number of β-amino-alcohol motifs (C(OH)–C–C–N with tert-alkyl or cyclic N) is 1. The fourth-order valence-electron chi connectivity index (χ4n) is 2.68. The highest BCUT2D eigenvalue weighted by molar-refractivity contribution is 7.51. The van der Waals surface area contributed by atoms with Gasteiger partial charge in [-0.3, -0.25) is 4.57 Å². The second-order valence-corrected chi connectivity index (χ2v) is 7.01. The van der Waals surface area contributed by atoms with Gasteiger partial charge in [0.05, 0.1) is 17.0 Å². The van der Waals surface area contributed by atoms with Crippen LogP contribution in [0.4, 0.5) is 14.5 Å². The first-order chi connectivity index (χ1) is 10.8. The predicted octanol–water partition coefficient (Wildman–Crippen LogP) is 1.53. The minimum Gasteiger partial charge on any atom is -0.479 e. The molecule has 0 radical (unpaired) electrons. The number of nitrogens with zero attached hydrogens (tertiary/aromatic N) is 1. The first-order valence-corrected chi connectivity index (χ1v) is 8.65. The summed E-state index contributed by atoms with van der Waals surface area (Å²) in [5.41, 5.74) is -0.168. The lowest BCUT2D eigenvalue weighted by molar-refractivity contribution is 0.198. The molecule has 0 unspecified atom stereocenters. The number of nitrogens with one attached hydrogen (secondary N) is 1. The molecular formula is C13H15F2N2O5P. The number of H-pyrrole nitrogens is 1. The molecule has 126 valence electrons. The number of halogens is 2. The van der Waals surface area contributed by atoms with E-state index in [0.717, 1.165) is 6.07 Å². The highest BCUT2D eigenvalue weighted by Crippen LogP contribution is 2.40. The number of rotatable bonds is 4. The molecule has 10 heteroatoms. The van der Waals surface area contributed by atoms with Crippen molar-refractivity contribution in [3.8, 4) is 5.75 Å². The largest absolute Gasteiger partial charge is 0.479 e. The molecule has 1 fully saturated rings. The molecule has 1 aromatic carbocycles. The molecule has 0 amide bonds. The molecule has 0 aliphatic carbocycles. The van der Waals surface area contributed by atoms with Crippen molar-refractivity contribution in [1.82, 2.24) is 4.98 Å². The summed E-state index contributed by atoms with van der Waals surface area (Å²) in [4.78, 5) is 21.7. The van der Waals surface area contributed by atoms with Crippen molar-refractivity contribution in [2.24, 2.45) is 0 Å². The van der Waals surface area contributed by atoms with Gasteiger partial charge in [-0.1, -0.05) is 0 Å². The summed E-state index contributed by atoms with van der Waals surface area (Å²) in [5, 5.41) is 9.45. The van der Waals surface area contributed by atoms with Crippen LogP contribution in [0.1, 0.15) is 6.42 Å². The average Bonchev–Trinajstić information content (AvgIpc) is 3.02. The number of anilines is 1. The maximum Gasteiger partial charge on any atom is 0.362 e. The third-order valence-corrected chi connectivity index (χ3v) is 4.13. The van der Waals surface area contributed by atoms with Crippen LogP contribution in [0.3, 0.4) is 0 Å². The molecule has 0 saturated carbocycles. The fourth-order valence-corrected chi connectivity index (χ4v) is 2.99. The molecule has 1 saturated heterocycles. The van der Waals surface area contributed by atoms with Crippen LogP contribution in [-0.2, 0) is 4.57 Å². The highest BCUT2D eigenvalue weighted by atomic mass is 31.2. The molecule has 23 heavy (non-hydrogen) atoms. The first-order valence-electron chi connectivity index (χ1n) is 6.86. The topological polar surface area (TPSA) is 106 Å². The molecule has 1 atom stereocenters. The Hall–Kier alpha value is -1.67. The van der Waals surface area contributed by atoms with Gasteiger partial charge >= 0.3 is 7.60 Å². The van der Waals surface area contributed by atoms with Crippen molar-refractivity contribution in [3.05, 3.63) is 23.9 Å². The van der Waals surface area contributed by atoms with Gasteiger partial charge < -0.3 is 29.5 Å². The van der Waals surface area contributed by atoms with E-state index in [1.54, 1.807) is 0 Å². The fraction of sp³-hybridized carbons (Fsp3) is 0.385. The smallest absolute Gasteiger partial charge is 0.362 e. The zero-order chi connectivity index (χ0) is 16.8. The van der Waals surface area contributed by atoms with E-state index >= 15 is 0 Å². The number of fused-ring (bicyclic) bond motifs is 1. The standard InChI is InChI=1S/C13H15F2N2O5P/c14-8-3-9-11(10(4-16-9)22-6-23(19,20)21)12(15)13(8)17-2-1-7(18)5-17/h3-4,7,16,18H,1-2,5-6H2,(H2,19,20,21)/t7-/m0/s1. The Balaban J connectivity index is 2.03. The van der Waals surface area contributed by atoms with Crippen molar-refractivity contribution >= 4 is 24.2 Å². The van der Waals surface area contributed by atoms with Crippen LogP contribution in [0.5, 0.6) is 5.75 Å². The minimum atomic E-state index is -4.43. The van der Waals surface area contributed by atoms with Crippen LogP contribution in [-0.4, -0.2) is 45.4 Å². The lowest BCUT2D eigenvalue weighted by Crippen LogP contribution is -2.23. The van der Waals surface area contributed by atoms with Gasteiger partial charge in [0.1, 0.15) is 11.4 Å². The highest BCUT2D eigenvalue weighted by Gasteiger charge is 2.28. The maximum absolute atomic E-state index is 14.8. The predicted molar refractivity (Wildman–Crippen MR) is 78.6 cm³/mol. The van der Waals surface area contributed by atoms with E-state index in [1.165, 1.54) is 11.1 Å². The number of ether oxygens (including phenoxy) is 1. The lowest BCUT2D eigenvalue weighted by atomic mass is 10.2. The van der Waals surface area contributed by atoms with Crippen molar-refractivity contribution in [1.29, 1.82) is 0 Å². The summed E-state index contributed by atoms with van der Waals surface area (Å²) >= 11 is 0. The Morgan fingerprint density at radius 2 is 2.17 bits per heavy atom. The molecule has 1 aliphatic heterocycles. The summed E-state index contributed by atoms with van der Waals surface area (Å²) < 4.78 is 44.8. The first kappa shape index (κ1) is 16.2. The van der Waals surface area contributed by atoms with Gasteiger partial charge in [0, 0.05) is 25.4 Å². The van der Waals surface area contributed by atoms with Crippen LogP contribution in [0.15, 0.2) is 12.3 Å². The quantitative estimate of drug-likeness (QED) is 0.625. The van der Waals surface area contributed by atoms with Crippen LogP contribution in [0, 0.1) is 11.6 Å². The molecule has 2 aromatic rings. The SMILES string of the molecule is O=P(O)(O)COc1c[nH]c2cc(F)c(N3CC[C@H](O)C3)c(F)c12. The van der Waals surface area contributed by atoms with Crippen LogP contribution in [0.25, 0.3) is 10.9 Å². The molecule has 7 nitrogen and oxygen atoms in total. The zero-order valence-electron chi connectivity index (χ0n) is 11.9. The zero-order valence-corrected chi connectivity index (χ0v) is 12.8. The Morgan fingerprint density at radius 3 is 2.78 bits per heavy atom. The second kappa shape index (κ2) is 5.76. The Kier molecular flexibility index (Phi) is 4.05. The van der Waals surface area contributed by atoms with Gasteiger partial charge in [-0.25, -0.2) is 8.78 Å². The van der Waals surface area contributed by atoms with Gasteiger partial charge in [0.2, 0.25) is 0 Å². The van der Waals surface area contributed by atoms with Crippen LogP contribution < -0.4 is 9.64 Å². The van der Waals surface area contributed by atoms with Crippen molar-refractivity contribution in [2.45, 2.75) is 12.5 Å². The number of aromatic amines is 1. The Bertz CT molecular complexity index is 790. The van der Waals surface area contributed by atoms with E-state index < -0.39 is 31.7 Å². The summed E-state index contributed by atoms with van der Waals surface area (Å²) in [6.07, 6.45) is 0.0621. The summed E-state index contributed by atoms with van der Waals surface area (Å²) in [6.45, 7) is 0.423. The lowest BCUT2D eigenvalue weighted by Gasteiger charge is -2.20. The Morgan fingerprint density at radius 1 is 1.43 bits per heavy atom. The third-order valence-electron chi connectivity index (χ3n) is 3.67. The summed E-state index contributed by atoms with van der Waals surface area (Å²) in [6, 6.07) is 1.09. The number of hydrogen-bond donors (Lipinski definition) is 4. The molecule has 4 N–H and O–H groups in total. The van der Waals surface area contributed by atoms with Gasteiger partial charge in [-0.2, -0.15) is 0 Å². The van der Waals surface area contributed by atoms with Crippen molar-refractivity contribution in [2.75, 3.05) is 24.3 Å². The van der Waals surface area contributed by atoms with Gasteiger partial charge in [-0.15, -0.1) is 0 Å². The third kappa shape index (κ3) is 3.18. The monoisotopic (exact) mass is 348 g/mol. The second-order valence-electron chi connectivity index (χ2n) is 5.42. The minimum absolute atomic E-state index is 0.0868. The van der Waals surface area contributed by atoms with Gasteiger partial charge in [0.15, 0.2) is 18.0 Å². The molecule has 2 heterocycles. The van der Waals surface area contributed by atoms with Crippen LogP contribution >= 0.6 is 7.60 Å². The molecular weight excluding hydrogens is 333 g/mol. The summed E-state index contributed by atoms with van der Waals surface area (Å²) in [5.74, 6) is -1.79. The Labute approximate surface area is 129 Å². The molecule has 1 aromatic heterocycles. The van der Waals surface area contributed by atoms with Crippen molar-refractivity contribution in [3.63, 3.8) is 0 Å². The number of aliphatic hydroxyl groups is 1. The van der Waals surface area contributed by atoms with E-state index in [0.29, 0.717) is 13.0 Å². The summed E-state index contributed by atoms with van der Waals surface area (Å²) in [7, 11) is -4.43. The molecule has 3 rings (SSSR count). The maximum atomic E-state index is 14.8. The number of benzene rings is 1. The normalized spacial score (nSPS) is 18.8. The van der Waals surface area contributed by atoms with E-state index in [1.807, 2.05) is 0 Å². The number of hydrogen-bond acceptors (Lipinski definition) is 4. The van der Waals surface area contributed by atoms with Gasteiger partial charge in [0.25, 0.3) is 0 Å². The number of aromatic nitrogens is 1. The van der Waals surface area contributed by atoms with Crippen molar-refractivity contribution < 1.29 is 33.0 Å². The van der Waals surface area contributed by atoms with E-state index in [4.69, 9.17) is 14.5 Å². The molecule has 0 bridgehead atoms. The van der Waals surface area contributed by atoms with E-state index in [9.17, 15) is 18.5 Å².